The number of aryl methyl sites for hydroxylation is 2. The van der Waals surface area contributed by atoms with Crippen LogP contribution in [0.15, 0.2) is 30.6 Å². The minimum Gasteiger partial charge on any atom is -0.468 e. The third-order valence-corrected chi connectivity index (χ3v) is 3.50. The highest BCUT2D eigenvalue weighted by Crippen LogP contribution is 2.20. The van der Waals surface area contributed by atoms with E-state index in [9.17, 15) is 18.0 Å². The second-order valence-electron chi connectivity index (χ2n) is 5.55. The Morgan fingerprint density at radius 3 is 2.69 bits per heavy atom. The van der Waals surface area contributed by atoms with Gasteiger partial charge in [0.05, 0.1) is 23.1 Å². The Balaban J connectivity index is 1.71. The number of rotatable bonds is 4. The predicted molar refractivity (Wildman–Crippen MR) is 87.0 cm³/mol. The Kier molecular flexibility index (Phi) is 4.49. The second kappa shape index (κ2) is 6.62. The number of amides is 1. The monoisotopic (exact) mass is 365 g/mol. The number of halogens is 3. The number of ether oxygens (including phenoxy) is 1. The average Bonchev–Trinajstić information content (AvgIpc) is 2.87. The maximum absolute atomic E-state index is 12.2. The van der Waals surface area contributed by atoms with E-state index in [1.165, 1.54) is 18.3 Å². The molecule has 0 radical (unpaired) electrons. The van der Waals surface area contributed by atoms with Crippen LogP contribution in [0.5, 0.6) is 5.88 Å². The second-order valence-corrected chi connectivity index (χ2v) is 5.55. The zero-order valence-corrected chi connectivity index (χ0v) is 13.8. The number of fused-ring (bicyclic) bond motifs is 1. The molecule has 7 nitrogen and oxygen atoms in total. The van der Waals surface area contributed by atoms with Gasteiger partial charge in [-0.05, 0) is 19.1 Å². The van der Waals surface area contributed by atoms with Crippen molar-refractivity contribution in [3.63, 3.8) is 0 Å². The lowest BCUT2D eigenvalue weighted by Crippen LogP contribution is -2.19. The van der Waals surface area contributed by atoms with E-state index >= 15 is 0 Å². The summed E-state index contributed by atoms with van der Waals surface area (Å²) in [6, 6.07) is 4.28. The first-order chi connectivity index (χ1) is 12.2. The van der Waals surface area contributed by atoms with E-state index in [0.717, 1.165) is 17.3 Å². The molecule has 3 aromatic heterocycles. The molecule has 1 N–H and O–H groups in total. The van der Waals surface area contributed by atoms with Crippen molar-refractivity contribution in [3.8, 4) is 5.88 Å². The highest BCUT2D eigenvalue weighted by molar-refractivity contribution is 6.04. The van der Waals surface area contributed by atoms with Crippen LogP contribution in [0.2, 0.25) is 0 Å². The molecule has 0 aliphatic heterocycles. The number of hydrogen-bond donors (Lipinski definition) is 1. The minimum absolute atomic E-state index is 0.173. The van der Waals surface area contributed by atoms with Crippen molar-refractivity contribution in [3.05, 3.63) is 41.9 Å². The zero-order valence-electron chi connectivity index (χ0n) is 13.8. The van der Waals surface area contributed by atoms with Crippen molar-refractivity contribution < 1.29 is 22.7 Å². The van der Waals surface area contributed by atoms with E-state index in [4.69, 9.17) is 0 Å². The topological polar surface area (TPSA) is 81.9 Å². The molecule has 0 aromatic carbocycles. The Hall–Kier alpha value is -3.17. The van der Waals surface area contributed by atoms with Gasteiger partial charge in [0.2, 0.25) is 5.88 Å². The summed E-state index contributed by atoms with van der Waals surface area (Å²) >= 11 is 0. The summed E-state index contributed by atoms with van der Waals surface area (Å²) in [5.74, 6) is -0.685. The summed E-state index contributed by atoms with van der Waals surface area (Å²) in [6.45, 7) is 0.390. The van der Waals surface area contributed by atoms with Crippen LogP contribution in [0.3, 0.4) is 0 Å². The number of carbonyl (C=O) groups is 1. The molecule has 26 heavy (non-hydrogen) atoms. The van der Waals surface area contributed by atoms with E-state index in [-0.39, 0.29) is 11.4 Å². The van der Waals surface area contributed by atoms with E-state index < -0.39 is 18.7 Å². The summed E-state index contributed by atoms with van der Waals surface area (Å²) in [7, 11) is 1.77. The summed E-state index contributed by atoms with van der Waals surface area (Å²) in [4.78, 5) is 20.2. The van der Waals surface area contributed by atoms with Crippen LogP contribution in [-0.4, -0.2) is 38.4 Å². The van der Waals surface area contributed by atoms with Crippen molar-refractivity contribution in [2.45, 2.75) is 13.1 Å². The predicted octanol–water partition coefficient (Wildman–Crippen LogP) is 2.87. The highest BCUT2D eigenvalue weighted by Gasteiger charge is 2.28. The molecule has 0 aliphatic rings. The van der Waals surface area contributed by atoms with Crippen LogP contribution in [0.4, 0.5) is 18.9 Å². The van der Waals surface area contributed by atoms with Crippen molar-refractivity contribution in [1.82, 2.24) is 19.7 Å². The molecule has 0 saturated carbocycles. The van der Waals surface area contributed by atoms with Crippen molar-refractivity contribution in [1.29, 1.82) is 0 Å². The number of aromatic nitrogens is 4. The fourth-order valence-electron chi connectivity index (χ4n) is 2.34. The first-order valence-electron chi connectivity index (χ1n) is 7.49. The molecule has 0 bridgehead atoms. The molecular weight excluding hydrogens is 351 g/mol. The Bertz CT molecular complexity index is 951. The lowest BCUT2D eigenvalue weighted by atomic mass is 10.2. The van der Waals surface area contributed by atoms with Gasteiger partial charge in [0.15, 0.2) is 12.3 Å². The van der Waals surface area contributed by atoms with Crippen molar-refractivity contribution >= 4 is 22.6 Å². The van der Waals surface area contributed by atoms with Gasteiger partial charge >= 0.3 is 6.18 Å². The molecule has 10 heteroatoms. The van der Waals surface area contributed by atoms with Gasteiger partial charge in [0.1, 0.15) is 0 Å². The summed E-state index contributed by atoms with van der Waals surface area (Å²) in [6.07, 6.45) is -1.81. The molecule has 3 aromatic rings. The number of nitrogens with zero attached hydrogens (tertiary/aromatic N) is 4. The molecule has 3 rings (SSSR count). The minimum atomic E-state index is -4.45. The van der Waals surface area contributed by atoms with Crippen LogP contribution >= 0.6 is 0 Å². The average molecular weight is 365 g/mol. The van der Waals surface area contributed by atoms with Gasteiger partial charge in [-0.3, -0.25) is 9.48 Å². The van der Waals surface area contributed by atoms with Gasteiger partial charge in [-0.1, -0.05) is 0 Å². The van der Waals surface area contributed by atoms with E-state index in [0.29, 0.717) is 11.3 Å². The third kappa shape index (κ3) is 3.90. The highest BCUT2D eigenvalue weighted by atomic mass is 19.4. The van der Waals surface area contributed by atoms with Gasteiger partial charge in [0, 0.05) is 24.7 Å². The lowest BCUT2D eigenvalue weighted by molar-refractivity contribution is -0.154. The van der Waals surface area contributed by atoms with Gasteiger partial charge in [-0.2, -0.15) is 18.3 Å². The first kappa shape index (κ1) is 17.6. The molecule has 0 saturated heterocycles. The van der Waals surface area contributed by atoms with Gasteiger partial charge in [0.25, 0.3) is 5.91 Å². The van der Waals surface area contributed by atoms with Crippen molar-refractivity contribution in [2.75, 3.05) is 11.9 Å². The molecule has 0 unspecified atom stereocenters. The number of pyridine rings is 2. The fraction of sp³-hybridized carbons (Fsp3) is 0.250. The quantitative estimate of drug-likeness (QED) is 0.769. The van der Waals surface area contributed by atoms with E-state index in [2.05, 4.69) is 25.1 Å². The number of alkyl halides is 3. The molecule has 136 valence electrons. The Labute approximate surface area is 145 Å². The number of anilines is 1. The van der Waals surface area contributed by atoms with Crippen LogP contribution < -0.4 is 10.1 Å². The molecule has 0 aliphatic carbocycles. The normalized spacial score (nSPS) is 11.6. The molecule has 0 spiro atoms. The summed E-state index contributed by atoms with van der Waals surface area (Å²) < 4.78 is 42.4. The summed E-state index contributed by atoms with van der Waals surface area (Å²) in [5, 5.41) is 7.72. The van der Waals surface area contributed by atoms with Gasteiger partial charge in [-0.15, -0.1) is 0 Å². The van der Waals surface area contributed by atoms with Crippen LogP contribution in [0.1, 0.15) is 16.1 Å². The molecule has 1 amide bonds. The number of carbonyl (C=O) groups excluding carboxylic acids is 1. The van der Waals surface area contributed by atoms with E-state index in [1.807, 2.05) is 6.92 Å². The van der Waals surface area contributed by atoms with Gasteiger partial charge in [-0.25, -0.2) is 9.97 Å². The fourth-order valence-corrected chi connectivity index (χ4v) is 2.34. The Morgan fingerprint density at radius 2 is 2.04 bits per heavy atom. The summed E-state index contributed by atoms with van der Waals surface area (Å²) in [5.41, 5.74) is 2.11. The van der Waals surface area contributed by atoms with Crippen molar-refractivity contribution in [2.24, 2.45) is 7.05 Å². The maximum Gasteiger partial charge on any atom is 0.422 e. The molecular formula is C16H14F3N5O2. The number of hydrogen-bond acceptors (Lipinski definition) is 5. The van der Waals surface area contributed by atoms with Crippen LogP contribution in [0, 0.1) is 6.92 Å². The van der Waals surface area contributed by atoms with Crippen LogP contribution in [-0.2, 0) is 7.05 Å². The largest absolute Gasteiger partial charge is 0.468 e. The third-order valence-electron chi connectivity index (χ3n) is 3.50. The molecule has 0 fully saturated rings. The van der Waals surface area contributed by atoms with E-state index in [1.54, 1.807) is 17.8 Å². The molecule has 3 heterocycles. The number of nitrogens with one attached hydrogen (secondary N) is 1. The lowest BCUT2D eigenvalue weighted by Gasteiger charge is -2.09. The zero-order chi connectivity index (χ0) is 18.9. The van der Waals surface area contributed by atoms with Gasteiger partial charge < -0.3 is 10.1 Å². The SMILES string of the molecule is Cc1nn(C)c2ncc(NC(=O)c3ccc(OCC(F)(F)F)nc3)cc12. The maximum atomic E-state index is 12.2. The standard InChI is InChI=1S/C16H14F3N5O2/c1-9-12-5-11(7-21-14(12)24(2)23-9)22-15(25)10-3-4-13(20-6-10)26-8-16(17,18)19/h3-7H,8H2,1-2H3,(H,22,25). The Morgan fingerprint density at radius 1 is 1.27 bits per heavy atom. The first-order valence-corrected chi connectivity index (χ1v) is 7.49. The smallest absolute Gasteiger partial charge is 0.422 e. The van der Waals surface area contributed by atoms with Crippen LogP contribution in [0.25, 0.3) is 11.0 Å². The molecule has 0 atom stereocenters.